The summed E-state index contributed by atoms with van der Waals surface area (Å²) in [5.41, 5.74) is 9.92. The number of phenolic OH excluding ortho intramolecular Hbond substituents is 2. The van der Waals surface area contributed by atoms with Gasteiger partial charge in [0.25, 0.3) is 0 Å². The van der Waals surface area contributed by atoms with Crippen LogP contribution in [-0.2, 0) is 20.7 Å². The number of benzene rings is 2. The van der Waals surface area contributed by atoms with Gasteiger partial charge < -0.3 is 40.0 Å². The number of cyclic esters (lactones) is 1. The summed E-state index contributed by atoms with van der Waals surface area (Å²) in [6.07, 6.45) is -0.615. The van der Waals surface area contributed by atoms with E-state index in [0.717, 1.165) is 11.1 Å². The Morgan fingerprint density at radius 2 is 1.76 bits per heavy atom. The Morgan fingerprint density at radius 3 is 2.38 bits per heavy atom. The highest BCUT2D eigenvalue weighted by Crippen LogP contribution is 2.63. The number of piperazine rings is 1. The Kier molecular flexibility index (Phi) is 9.68. The number of thioether (sulfide) groups is 1. The van der Waals surface area contributed by atoms with Crippen LogP contribution in [0.15, 0.2) is 6.07 Å². The quantitative estimate of drug-likeness (QED) is 0.219. The van der Waals surface area contributed by atoms with Gasteiger partial charge >= 0.3 is 11.9 Å². The van der Waals surface area contributed by atoms with Gasteiger partial charge in [-0.1, -0.05) is 13.5 Å². The molecule has 4 aliphatic heterocycles. The molecule has 14 heteroatoms. The van der Waals surface area contributed by atoms with Gasteiger partial charge in [-0.2, -0.15) is 0 Å². The molecule has 0 saturated carbocycles. The molecule has 5 N–H and O–H groups in total. The Labute approximate surface area is 270 Å². The van der Waals surface area contributed by atoms with Crippen LogP contribution >= 0.6 is 11.8 Å². The highest BCUT2D eigenvalue weighted by Gasteiger charge is 2.60. The van der Waals surface area contributed by atoms with Crippen molar-refractivity contribution in [2.75, 3.05) is 33.6 Å². The second kappa shape index (κ2) is 12.6. The van der Waals surface area contributed by atoms with Crippen molar-refractivity contribution in [1.82, 2.24) is 9.80 Å². The van der Waals surface area contributed by atoms with Gasteiger partial charge in [0.2, 0.25) is 0 Å². The average Bonchev–Trinajstić information content (AvgIpc) is 2.95. The third-order valence-corrected chi connectivity index (χ3v) is 10.8. The number of esters is 2. The van der Waals surface area contributed by atoms with E-state index in [1.165, 1.54) is 32.9 Å². The van der Waals surface area contributed by atoms with E-state index in [2.05, 4.69) is 4.90 Å². The summed E-state index contributed by atoms with van der Waals surface area (Å²) in [6.45, 7) is 4.63. The molecular formula is C31H43BN3O9S. The number of methoxy groups -OCH3 is 2. The number of nitrogens with two attached hydrogens (primary N) is 1. The van der Waals surface area contributed by atoms with Crippen LogP contribution in [-0.4, -0.2) is 103 Å². The predicted octanol–water partition coefficient (Wildman–Crippen LogP) is 2.47. The smallest absolute Gasteiger partial charge is 0.323 e. The first-order valence-corrected chi connectivity index (χ1v) is 15.2. The number of rotatable bonds is 3. The van der Waals surface area contributed by atoms with Crippen LogP contribution in [0.2, 0.25) is 0 Å². The van der Waals surface area contributed by atoms with E-state index in [0.29, 0.717) is 34.4 Å². The lowest BCUT2D eigenvalue weighted by Gasteiger charge is -2.62. The Morgan fingerprint density at radius 1 is 1.11 bits per heavy atom. The van der Waals surface area contributed by atoms with Crippen molar-refractivity contribution in [2.24, 2.45) is 5.73 Å². The topological polar surface area (TPSA) is 164 Å². The minimum Gasteiger partial charge on any atom is -0.504 e. The molecule has 2 aromatic carbocycles. The molecule has 0 spiro atoms. The highest BCUT2D eigenvalue weighted by molar-refractivity contribution is 7.99. The number of aliphatic hydroxyl groups excluding tert-OH is 1. The molecular weight excluding hydrogens is 601 g/mol. The number of aryl methyl sites for hydroxylation is 1. The second-order valence-electron chi connectivity index (χ2n) is 11.6. The van der Waals surface area contributed by atoms with E-state index in [-0.39, 0.29) is 58.7 Å². The number of phenols is 2. The second-order valence-corrected chi connectivity index (χ2v) is 12.8. The number of fused-ring (bicyclic) bond motifs is 7. The van der Waals surface area contributed by atoms with E-state index in [9.17, 15) is 24.9 Å². The summed E-state index contributed by atoms with van der Waals surface area (Å²) in [7, 11) is 4.84. The molecule has 2 fully saturated rings. The Balaban J connectivity index is 0.00000192. The minimum absolute atomic E-state index is 0. The highest BCUT2D eigenvalue weighted by atomic mass is 32.2. The molecule has 4 heterocycles. The summed E-state index contributed by atoms with van der Waals surface area (Å²) < 4.78 is 22.7. The van der Waals surface area contributed by atoms with Crippen LogP contribution in [0.3, 0.4) is 0 Å². The summed E-state index contributed by atoms with van der Waals surface area (Å²) in [5, 5.41) is 34.9. The molecule has 2 aromatic rings. The fourth-order valence-electron chi connectivity index (χ4n) is 7.60. The molecule has 0 amide bonds. The van der Waals surface area contributed by atoms with Crippen molar-refractivity contribution >= 4 is 32.1 Å². The van der Waals surface area contributed by atoms with Gasteiger partial charge in [0, 0.05) is 50.8 Å². The van der Waals surface area contributed by atoms with Gasteiger partial charge in [-0.3, -0.25) is 19.4 Å². The van der Waals surface area contributed by atoms with Crippen molar-refractivity contribution in [2.45, 2.75) is 76.3 Å². The van der Waals surface area contributed by atoms with Gasteiger partial charge in [-0.25, -0.2) is 0 Å². The van der Waals surface area contributed by atoms with Crippen molar-refractivity contribution in [3.8, 4) is 28.7 Å². The maximum absolute atomic E-state index is 12.8. The molecule has 4 aliphatic rings. The molecule has 12 nitrogen and oxygen atoms in total. The SMILES string of the molecule is C.COc1c(C)cc2c(c1O)[C@@H]1[C@@H]3[C@@H]4SC[C@H](N)C(=O)OC[C@@H](c5c(O)c(OC)c(C)c(OC(C)=O)c54)N3[C@@H](O)[C@H](C2)N1C.[B].[HH]. The number of aliphatic hydroxyl groups is 1. The van der Waals surface area contributed by atoms with Crippen molar-refractivity contribution < 1.29 is 45.3 Å². The van der Waals surface area contributed by atoms with E-state index >= 15 is 0 Å². The zero-order chi connectivity index (χ0) is 31.1. The van der Waals surface area contributed by atoms with Crippen LogP contribution in [0, 0.1) is 13.8 Å². The molecule has 0 aliphatic carbocycles. The van der Waals surface area contributed by atoms with Gasteiger partial charge in [-0.05, 0) is 38.4 Å². The third-order valence-electron chi connectivity index (χ3n) is 9.34. The van der Waals surface area contributed by atoms with Gasteiger partial charge in [0.05, 0.1) is 37.6 Å². The maximum Gasteiger partial charge on any atom is 0.323 e. The van der Waals surface area contributed by atoms with Crippen LogP contribution < -0.4 is 19.9 Å². The van der Waals surface area contributed by atoms with Gasteiger partial charge in [0.15, 0.2) is 23.0 Å². The van der Waals surface area contributed by atoms with Crippen LogP contribution in [0.1, 0.15) is 66.5 Å². The molecule has 45 heavy (non-hydrogen) atoms. The van der Waals surface area contributed by atoms with Crippen molar-refractivity contribution in [1.29, 1.82) is 0 Å². The monoisotopic (exact) mass is 644 g/mol. The number of likely N-dealkylation sites (N-methyl/N-ethyl adjacent to an activating group) is 1. The molecule has 2 saturated heterocycles. The number of carbonyl (C=O) groups is 2. The number of aromatic hydroxyl groups is 2. The summed E-state index contributed by atoms with van der Waals surface area (Å²) >= 11 is 1.35. The fourth-order valence-corrected chi connectivity index (χ4v) is 9.03. The van der Waals surface area contributed by atoms with Crippen molar-refractivity contribution in [3.63, 3.8) is 0 Å². The van der Waals surface area contributed by atoms with Gasteiger partial charge in [-0.15, -0.1) is 11.8 Å². The molecule has 245 valence electrons. The normalized spacial score (nSPS) is 28.7. The molecule has 3 radical (unpaired) electrons. The summed E-state index contributed by atoms with van der Waals surface area (Å²) in [4.78, 5) is 29.2. The zero-order valence-corrected chi connectivity index (χ0v) is 26.3. The first-order valence-electron chi connectivity index (χ1n) is 14.1. The number of carbonyl (C=O) groups excluding carboxylic acids is 2. The fraction of sp³-hybridized carbons (Fsp3) is 0.548. The number of hydrogen-bond acceptors (Lipinski definition) is 13. The van der Waals surface area contributed by atoms with Gasteiger partial charge in [0.1, 0.15) is 24.6 Å². The summed E-state index contributed by atoms with van der Waals surface area (Å²) in [6, 6.07) is -1.22. The first kappa shape index (κ1) is 34.7. The summed E-state index contributed by atoms with van der Waals surface area (Å²) in [5.74, 6) is -0.431. The van der Waals surface area contributed by atoms with Crippen LogP contribution in [0.25, 0.3) is 0 Å². The van der Waals surface area contributed by atoms with E-state index < -0.39 is 47.6 Å². The Hall–Kier alpha value is -3.17. The predicted molar refractivity (Wildman–Crippen MR) is 171 cm³/mol. The number of hydrogen-bond donors (Lipinski definition) is 4. The molecule has 0 aromatic heterocycles. The lowest BCUT2D eigenvalue weighted by molar-refractivity contribution is -0.184. The Bertz CT molecular complexity index is 1530. The lowest BCUT2D eigenvalue weighted by atomic mass is 9.73. The largest absolute Gasteiger partial charge is 0.504 e. The van der Waals surface area contributed by atoms with Crippen LogP contribution in [0.4, 0.5) is 0 Å². The zero-order valence-electron chi connectivity index (χ0n) is 25.5. The molecule has 0 unspecified atom stereocenters. The third kappa shape index (κ3) is 5.01. The molecule has 7 atom stereocenters. The molecule has 6 rings (SSSR count). The maximum atomic E-state index is 12.8. The lowest BCUT2D eigenvalue weighted by Crippen LogP contribution is -2.69. The number of ether oxygens (including phenoxy) is 4. The average molecular weight is 645 g/mol. The van der Waals surface area contributed by atoms with Crippen LogP contribution in [0.5, 0.6) is 28.7 Å². The van der Waals surface area contributed by atoms with E-state index in [1.54, 1.807) is 6.92 Å². The van der Waals surface area contributed by atoms with E-state index in [1.807, 2.05) is 24.9 Å². The van der Waals surface area contributed by atoms with E-state index in [4.69, 9.17) is 24.7 Å². The first-order chi connectivity index (χ1) is 20.4. The standard InChI is InChI=1S/C30H37N3O9S.CH4.B.H2/c1-11-7-14-8-16-29(37)33-17-9-41-30(38)15(31)10-43-28(22(33)21(32(16)4)18(14)23(35)25(11)39-5)20-19(17)24(36)27(40-6)12(2)26(20)42-13(3)34;;;/h7,15-17,21-22,28-29,35-37H,8-10,31H2,1-6H3;1H4;;1H/t15-,16-,17-,21+,22+,28+,29-;;;/m0.../s1. The number of nitrogens with zero attached hydrogens (tertiary/aromatic N) is 2. The minimum atomic E-state index is -1.05. The van der Waals surface area contributed by atoms with Crippen molar-refractivity contribution in [3.05, 3.63) is 39.4 Å². The molecule has 4 bridgehead atoms.